The van der Waals surface area contributed by atoms with Crippen LogP contribution in [0, 0.1) is 20.8 Å². The second-order valence-electron chi connectivity index (χ2n) is 19.4. The predicted octanol–water partition coefficient (Wildman–Crippen LogP) is 4.49. The molecule has 0 aliphatic heterocycles. The Balaban J connectivity index is 1.29. The number of aromatic nitrogens is 3. The first-order valence-corrected chi connectivity index (χ1v) is 25.4. The van der Waals surface area contributed by atoms with Crippen LogP contribution in [0.3, 0.4) is 0 Å². The van der Waals surface area contributed by atoms with E-state index >= 15 is 0 Å². The van der Waals surface area contributed by atoms with Crippen LogP contribution in [-0.2, 0) is 48.0 Å². The van der Waals surface area contributed by atoms with Gasteiger partial charge in [0, 0.05) is 41.2 Å². The van der Waals surface area contributed by atoms with Crippen LogP contribution in [-0.4, -0.2) is 86.8 Å². The van der Waals surface area contributed by atoms with Crippen molar-refractivity contribution in [3.63, 3.8) is 0 Å². The fourth-order valence-corrected chi connectivity index (χ4v) is 8.81. The van der Waals surface area contributed by atoms with Crippen molar-refractivity contribution >= 4 is 52.1 Å². The van der Waals surface area contributed by atoms with Crippen LogP contribution in [0.5, 0.6) is 0 Å². The van der Waals surface area contributed by atoms with Gasteiger partial charge in [0.15, 0.2) is 34.0 Å². The van der Waals surface area contributed by atoms with E-state index in [4.69, 9.17) is 48.0 Å². The van der Waals surface area contributed by atoms with Crippen molar-refractivity contribution in [3.8, 4) is 0 Å². The van der Waals surface area contributed by atoms with Gasteiger partial charge in [-0.25, -0.2) is 0 Å². The van der Waals surface area contributed by atoms with Gasteiger partial charge in [0.2, 0.25) is 0 Å². The van der Waals surface area contributed by atoms with Crippen molar-refractivity contribution in [2.75, 3.05) is 35.6 Å². The predicted molar refractivity (Wildman–Crippen MR) is 285 cm³/mol. The zero-order valence-electron chi connectivity index (χ0n) is 43.3. The van der Waals surface area contributed by atoms with Gasteiger partial charge < -0.3 is 63.9 Å². The van der Waals surface area contributed by atoms with Crippen molar-refractivity contribution < 1.29 is 42.3 Å². The number of carbonyl (C=O) groups excluding carboxylic acids is 6. The van der Waals surface area contributed by atoms with Crippen molar-refractivity contribution in [2.24, 2.45) is 34.4 Å². The normalized spacial score (nSPS) is 13.8. The highest BCUT2D eigenvalue weighted by atomic mass is 16.5. The van der Waals surface area contributed by atoms with Crippen LogP contribution in [0.25, 0.3) is 0 Å². The minimum Gasteiger partial charge on any atom is -0.361 e. The molecule has 21 nitrogen and oxygen atoms in total. The summed E-state index contributed by atoms with van der Waals surface area (Å²) in [5, 5.41) is 20.1. The van der Waals surface area contributed by atoms with Crippen molar-refractivity contribution in [1.29, 1.82) is 0 Å². The summed E-state index contributed by atoms with van der Waals surface area (Å²) in [4.78, 5) is 82.9. The smallest absolute Gasteiger partial charge is 0.252 e. The van der Waals surface area contributed by atoms with Gasteiger partial charge in [-0.15, -0.1) is 0 Å². The van der Waals surface area contributed by atoms with Crippen LogP contribution >= 0.6 is 0 Å². The molecule has 21 heteroatoms. The lowest BCUT2D eigenvalue weighted by atomic mass is 9.84. The van der Waals surface area contributed by atoms with Gasteiger partial charge in [-0.1, -0.05) is 51.9 Å². The maximum Gasteiger partial charge on any atom is 0.252 e. The van der Waals surface area contributed by atoms with Crippen molar-refractivity contribution in [2.45, 2.75) is 120 Å². The SMILES string of the molecule is Cc1cc(CC(=O)[C@@](N)(CCCCN)C(=O)Nc2ccc(C(c3ccc(NC(=O)[C@](N)(CCCCN)C(=O)Cc4cc(C)no4)cc3)c3ccc(NC(=O)[C@](N)(CCCCN)C(=O)Cc4cc(C)no4)cc3)cc2)on1. The number of rotatable bonds is 30. The van der Waals surface area contributed by atoms with Crippen LogP contribution < -0.4 is 50.4 Å². The Hall–Kier alpha value is -7.53. The molecule has 0 saturated heterocycles. The Kier molecular flexibility index (Phi) is 20.0. The topological polar surface area (TPSA) is 373 Å². The van der Waals surface area contributed by atoms with Gasteiger partial charge in [0.1, 0.15) is 17.3 Å². The van der Waals surface area contributed by atoms with Crippen molar-refractivity contribution in [3.05, 3.63) is 142 Å². The molecule has 0 saturated carbocycles. The Morgan fingerprint density at radius 1 is 0.434 bits per heavy atom. The number of amides is 3. The molecule has 0 spiro atoms. The quantitative estimate of drug-likeness (QED) is 0.0170. The fraction of sp³-hybridized carbons (Fsp3) is 0.400. The summed E-state index contributed by atoms with van der Waals surface area (Å²) in [6, 6.07) is 25.9. The summed E-state index contributed by atoms with van der Waals surface area (Å²) in [5.41, 5.74) is 36.6. The van der Waals surface area contributed by atoms with Gasteiger partial charge in [0.25, 0.3) is 17.7 Å². The third-order valence-electron chi connectivity index (χ3n) is 13.3. The number of benzene rings is 3. The van der Waals surface area contributed by atoms with Crippen LogP contribution in [0.1, 0.15) is 115 Å². The molecule has 0 aliphatic carbocycles. The lowest BCUT2D eigenvalue weighted by Crippen LogP contribution is -2.58. The van der Waals surface area contributed by atoms with E-state index in [-0.39, 0.29) is 55.8 Å². The number of unbranched alkanes of at least 4 members (excludes halogenated alkanes) is 3. The van der Waals surface area contributed by atoms with Gasteiger partial charge in [0.05, 0.1) is 36.3 Å². The molecule has 0 radical (unpaired) electrons. The summed E-state index contributed by atoms with van der Waals surface area (Å²) in [6.07, 6.45) is 2.41. The van der Waals surface area contributed by atoms with E-state index < -0.39 is 57.6 Å². The van der Waals surface area contributed by atoms with E-state index in [9.17, 15) is 28.8 Å². The number of carbonyl (C=O) groups is 6. The molecule has 3 amide bonds. The van der Waals surface area contributed by atoms with Gasteiger partial charge in [-0.05, 0) is 151 Å². The molecular weight excluding hydrogens is 973 g/mol. The molecule has 404 valence electrons. The zero-order valence-corrected chi connectivity index (χ0v) is 43.3. The Labute approximate surface area is 440 Å². The fourth-order valence-electron chi connectivity index (χ4n) is 8.81. The van der Waals surface area contributed by atoms with E-state index in [0.717, 1.165) is 16.7 Å². The number of aryl methyl sites for hydroxylation is 3. The number of nitrogens with one attached hydrogen (secondary N) is 3. The van der Waals surface area contributed by atoms with E-state index in [0.29, 0.717) is 92.3 Å². The first-order chi connectivity index (χ1) is 36.3. The number of Topliss-reactive ketones (excluding diaryl/α,β-unsaturated/α-hetero) is 3. The highest BCUT2D eigenvalue weighted by Gasteiger charge is 2.44. The largest absolute Gasteiger partial charge is 0.361 e. The number of hydrogen-bond donors (Lipinski definition) is 9. The number of nitrogens with zero attached hydrogens (tertiary/aromatic N) is 3. The lowest BCUT2D eigenvalue weighted by Gasteiger charge is -2.27. The zero-order chi connectivity index (χ0) is 55.0. The first-order valence-electron chi connectivity index (χ1n) is 25.4. The minimum atomic E-state index is -1.90. The monoisotopic (exact) mass is 1040 g/mol. The lowest BCUT2D eigenvalue weighted by molar-refractivity contribution is -0.134. The maximum atomic E-state index is 14.0. The van der Waals surface area contributed by atoms with E-state index in [1.165, 1.54) is 0 Å². The summed E-state index contributed by atoms with van der Waals surface area (Å²) in [6.45, 7) is 6.24. The molecule has 0 fully saturated rings. The molecular formula is C55H70N12O9. The van der Waals surface area contributed by atoms with E-state index in [1.54, 1.807) is 75.4 Å². The number of hydrogen-bond acceptors (Lipinski definition) is 18. The Bertz CT molecular complexity index is 2620. The molecule has 3 aromatic heterocycles. The maximum absolute atomic E-state index is 14.0. The second kappa shape index (κ2) is 26.3. The average Bonchev–Trinajstić information content (AvgIpc) is 4.14. The van der Waals surface area contributed by atoms with Crippen LogP contribution in [0.15, 0.2) is 105 Å². The average molecular weight is 1040 g/mol. The van der Waals surface area contributed by atoms with Crippen molar-refractivity contribution in [1.82, 2.24) is 15.5 Å². The first kappa shape index (κ1) is 57.7. The van der Waals surface area contributed by atoms with Gasteiger partial charge in [-0.2, -0.15) is 0 Å². The second-order valence-corrected chi connectivity index (χ2v) is 19.4. The minimum absolute atomic E-state index is 0.0491. The molecule has 0 unspecified atom stereocenters. The summed E-state index contributed by atoms with van der Waals surface area (Å²) in [7, 11) is 0. The molecule has 3 heterocycles. The molecule has 76 heavy (non-hydrogen) atoms. The summed E-state index contributed by atoms with van der Waals surface area (Å²) in [5.74, 6) is -3.34. The van der Waals surface area contributed by atoms with Gasteiger partial charge >= 0.3 is 0 Å². The molecule has 3 aromatic carbocycles. The summed E-state index contributed by atoms with van der Waals surface area (Å²) < 4.78 is 15.8. The molecule has 15 N–H and O–H groups in total. The van der Waals surface area contributed by atoms with Crippen LogP contribution in [0.2, 0.25) is 0 Å². The Morgan fingerprint density at radius 3 is 0.895 bits per heavy atom. The van der Waals surface area contributed by atoms with E-state index in [2.05, 4.69) is 31.4 Å². The van der Waals surface area contributed by atoms with Crippen LogP contribution in [0.4, 0.5) is 17.1 Å². The summed E-state index contributed by atoms with van der Waals surface area (Å²) >= 11 is 0. The molecule has 0 bridgehead atoms. The molecule has 3 atom stereocenters. The number of ketones is 3. The standard InChI is InChI=1S/C55H70N12O9/c1-34-28-43(74-65-34)31-46(68)53(59,22-4-7-25-56)50(71)62-40-16-10-37(11-17-40)49(38-12-18-41(19-13-38)63-51(72)54(60,23-5-8-26-57)47(69)32-44-29-35(2)66-75-44)39-14-20-42(21-15-39)64-52(73)55(61,24-6-9-27-58)48(70)33-45-30-36(3)67-76-45/h10-21,28-30,49H,4-9,22-27,31-33,56-61H2,1-3H3,(H,62,71)(H,63,72)(H,64,73)/t53-,54-,55-/m0/s1. The van der Waals surface area contributed by atoms with E-state index in [1.807, 2.05) is 36.4 Å². The molecule has 6 aromatic rings. The molecule has 6 rings (SSSR count). The third kappa shape index (κ3) is 14.6. The highest BCUT2D eigenvalue weighted by molar-refractivity contribution is 6.17. The number of nitrogens with two attached hydrogens (primary N) is 6. The highest BCUT2D eigenvalue weighted by Crippen LogP contribution is 2.35. The molecule has 0 aliphatic rings. The third-order valence-corrected chi connectivity index (χ3v) is 13.3. The number of anilines is 3. The van der Waals surface area contributed by atoms with Gasteiger partial charge in [-0.3, -0.25) is 28.8 Å². The Morgan fingerprint density at radius 2 is 0.684 bits per heavy atom.